The van der Waals surface area contributed by atoms with Gasteiger partial charge in [0.25, 0.3) is 5.91 Å². The highest BCUT2D eigenvalue weighted by Gasteiger charge is 2.27. The second-order valence-electron chi connectivity index (χ2n) is 7.79. The molecule has 0 aliphatic carbocycles. The zero-order valence-electron chi connectivity index (χ0n) is 17.6. The minimum Gasteiger partial charge on any atom is -0.339 e. The normalized spacial score (nSPS) is 14.1. The van der Waals surface area contributed by atoms with E-state index in [4.69, 9.17) is 5.10 Å². The number of carbonyl (C=O) groups excluding carboxylic acids is 2. The van der Waals surface area contributed by atoms with Crippen LogP contribution in [0.25, 0.3) is 16.9 Å². The summed E-state index contributed by atoms with van der Waals surface area (Å²) < 4.78 is 1.77. The van der Waals surface area contributed by atoms with Crippen LogP contribution in [-0.4, -0.2) is 57.6 Å². The maximum Gasteiger partial charge on any atom is 0.257 e. The molecule has 1 fully saturated rings. The lowest BCUT2D eigenvalue weighted by atomic mass is 10.00. The zero-order valence-corrected chi connectivity index (χ0v) is 17.6. The summed E-state index contributed by atoms with van der Waals surface area (Å²) in [5.74, 6) is 0.00493. The van der Waals surface area contributed by atoms with Crippen molar-refractivity contribution in [2.45, 2.75) is 20.8 Å². The monoisotopic (exact) mass is 402 g/mol. The predicted octanol–water partition coefficient (Wildman–Crippen LogP) is 3.46. The first-order chi connectivity index (χ1) is 14.4. The van der Waals surface area contributed by atoms with Crippen LogP contribution in [-0.2, 0) is 4.79 Å². The van der Waals surface area contributed by atoms with E-state index in [9.17, 15) is 9.59 Å². The maximum absolute atomic E-state index is 13.5. The molecule has 1 aromatic heterocycles. The molecule has 3 aromatic rings. The standard InChI is InChI=1S/C24H26N4O2/c1-17-9-10-21(18(2)15-17)23-22(16-28(25-23)20-7-5-4-6-8-20)24(30)27-13-11-26(12-14-27)19(3)29/h4-10,15-16H,11-14H2,1-3H3. The summed E-state index contributed by atoms with van der Waals surface area (Å²) in [7, 11) is 0. The molecule has 1 aliphatic heterocycles. The molecule has 0 bridgehead atoms. The molecule has 0 unspecified atom stereocenters. The summed E-state index contributed by atoms with van der Waals surface area (Å²) in [5.41, 5.74) is 5.40. The number of aryl methyl sites for hydroxylation is 2. The first-order valence-corrected chi connectivity index (χ1v) is 10.2. The fraction of sp³-hybridized carbons (Fsp3) is 0.292. The van der Waals surface area contributed by atoms with Gasteiger partial charge in [0.2, 0.25) is 5.91 Å². The van der Waals surface area contributed by atoms with Crippen LogP contribution < -0.4 is 0 Å². The summed E-state index contributed by atoms with van der Waals surface area (Å²) in [4.78, 5) is 28.7. The average molecular weight is 402 g/mol. The van der Waals surface area contributed by atoms with Crippen LogP contribution >= 0.6 is 0 Å². The van der Waals surface area contributed by atoms with E-state index in [1.165, 1.54) is 5.56 Å². The van der Waals surface area contributed by atoms with Crippen LogP contribution in [0.4, 0.5) is 0 Å². The fourth-order valence-corrected chi connectivity index (χ4v) is 3.92. The van der Waals surface area contributed by atoms with Crippen molar-refractivity contribution < 1.29 is 9.59 Å². The van der Waals surface area contributed by atoms with Gasteiger partial charge in [-0.05, 0) is 31.5 Å². The molecule has 4 rings (SSSR count). The van der Waals surface area contributed by atoms with Gasteiger partial charge in [-0.3, -0.25) is 9.59 Å². The molecule has 6 heteroatoms. The van der Waals surface area contributed by atoms with E-state index >= 15 is 0 Å². The average Bonchev–Trinajstić information content (AvgIpc) is 3.19. The van der Waals surface area contributed by atoms with Gasteiger partial charge in [0.15, 0.2) is 0 Å². The van der Waals surface area contributed by atoms with Gasteiger partial charge in [0, 0.05) is 44.9 Å². The lowest BCUT2D eigenvalue weighted by Crippen LogP contribution is -2.50. The van der Waals surface area contributed by atoms with E-state index in [1.54, 1.807) is 16.5 Å². The van der Waals surface area contributed by atoms with Gasteiger partial charge in [0.1, 0.15) is 5.69 Å². The summed E-state index contributed by atoms with van der Waals surface area (Å²) in [6, 6.07) is 16.0. The Kier molecular flexibility index (Phi) is 5.40. The Morgan fingerprint density at radius 3 is 2.20 bits per heavy atom. The lowest BCUT2D eigenvalue weighted by molar-refractivity contribution is -0.130. The number of rotatable bonds is 3. The lowest BCUT2D eigenvalue weighted by Gasteiger charge is -2.34. The summed E-state index contributed by atoms with van der Waals surface area (Å²) in [6.45, 7) is 7.85. The van der Waals surface area contributed by atoms with E-state index in [-0.39, 0.29) is 11.8 Å². The van der Waals surface area contributed by atoms with Crippen molar-refractivity contribution >= 4 is 11.8 Å². The molecule has 6 nitrogen and oxygen atoms in total. The Labute approximate surface area is 176 Å². The largest absolute Gasteiger partial charge is 0.339 e. The summed E-state index contributed by atoms with van der Waals surface area (Å²) >= 11 is 0. The fourth-order valence-electron chi connectivity index (χ4n) is 3.92. The molecular weight excluding hydrogens is 376 g/mol. The van der Waals surface area contributed by atoms with Gasteiger partial charge in [-0.25, -0.2) is 4.68 Å². The van der Waals surface area contributed by atoms with Gasteiger partial charge in [0.05, 0.1) is 11.3 Å². The van der Waals surface area contributed by atoms with Crippen LogP contribution in [0.5, 0.6) is 0 Å². The minimum absolute atomic E-state index is 0.0460. The Morgan fingerprint density at radius 2 is 1.57 bits per heavy atom. The number of benzene rings is 2. The molecule has 154 valence electrons. The Bertz CT molecular complexity index is 1080. The molecular formula is C24H26N4O2. The molecule has 2 heterocycles. The van der Waals surface area contributed by atoms with E-state index in [0.29, 0.717) is 37.4 Å². The van der Waals surface area contributed by atoms with Gasteiger partial charge >= 0.3 is 0 Å². The van der Waals surface area contributed by atoms with E-state index in [2.05, 4.69) is 13.0 Å². The highest BCUT2D eigenvalue weighted by molar-refractivity contribution is 6.00. The van der Waals surface area contributed by atoms with Crippen molar-refractivity contribution in [3.05, 3.63) is 71.4 Å². The number of piperazine rings is 1. The first kappa shape index (κ1) is 19.9. The number of para-hydroxylation sites is 1. The van der Waals surface area contributed by atoms with Crippen molar-refractivity contribution in [3.63, 3.8) is 0 Å². The molecule has 30 heavy (non-hydrogen) atoms. The zero-order chi connectivity index (χ0) is 21.3. The van der Waals surface area contributed by atoms with Gasteiger partial charge in [-0.1, -0.05) is 42.0 Å². The van der Waals surface area contributed by atoms with Crippen LogP contribution in [0.15, 0.2) is 54.7 Å². The quantitative estimate of drug-likeness (QED) is 0.674. The number of hydrogen-bond donors (Lipinski definition) is 0. The second-order valence-corrected chi connectivity index (χ2v) is 7.79. The summed E-state index contributed by atoms with van der Waals surface area (Å²) in [6.07, 6.45) is 1.82. The predicted molar refractivity (Wildman–Crippen MR) is 117 cm³/mol. The molecule has 0 N–H and O–H groups in total. The van der Waals surface area contributed by atoms with E-state index in [0.717, 1.165) is 16.8 Å². The Morgan fingerprint density at radius 1 is 0.900 bits per heavy atom. The van der Waals surface area contributed by atoms with Crippen molar-refractivity contribution in [2.75, 3.05) is 26.2 Å². The van der Waals surface area contributed by atoms with Crippen molar-refractivity contribution in [3.8, 4) is 16.9 Å². The third-order valence-corrected chi connectivity index (χ3v) is 5.61. The molecule has 0 radical (unpaired) electrons. The highest BCUT2D eigenvalue weighted by Crippen LogP contribution is 2.28. The van der Waals surface area contributed by atoms with Gasteiger partial charge < -0.3 is 9.80 Å². The third kappa shape index (κ3) is 3.85. The first-order valence-electron chi connectivity index (χ1n) is 10.2. The summed E-state index contributed by atoms with van der Waals surface area (Å²) in [5, 5.41) is 4.80. The number of amides is 2. The molecule has 2 amide bonds. The van der Waals surface area contributed by atoms with E-state index in [1.807, 2.05) is 60.5 Å². The van der Waals surface area contributed by atoms with Gasteiger partial charge in [-0.2, -0.15) is 5.10 Å². The van der Waals surface area contributed by atoms with Crippen molar-refractivity contribution in [1.82, 2.24) is 19.6 Å². The maximum atomic E-state index is 13.5. The topological polar surface area (TPSA) is 58.4 Å². The van der Waals surface area contributed by atoms with Gasteiger partial charge in [-0.15, -0.1) is 0 Å². The Hall–Kier alpha value is -3.41. The van der Waals surface area contributed by atoms with Crippen LogP contribution in [0, 0.1) is 13.8 Å². The molecule has 0 spiro atoms. The third-order valence-electron chi connectivity index (χ3n) is 5.61. The number of carbonyl (C=O) groups is 2. The number of nitrogens with zero attached hydrogens (tertiary/aromatic N) is 4. The number of hydrogen-bond acceptors (Lipinski definition) is 3. The van der Waals surface area contributed by atoms with E-state index < -0.39 is 0 Å². The molecule has 0 saturated carbocycles. The molecule has 1 saturated heterocycles. The Balaban J connectivity index is 1.73. The van der Waals surface area contributed by atoms with Crippen molar-refractivity contribution in [2.24, 2.45) is 0 Å². The van der Waals surface area contributed by atoms with Crippen LogP contribution in [0.3, 0.4) is 0 Å². The molecule has 0 atom stereocenters. The van der Waals surface area contributed by atoms with Crippen molar-refractivity contribution in [1.29, 1.82) is 0 Å². The highest BCUT2D eigenvalue weighted by atomic mass is 16.2. The number of aromatic nitrogens is 2. The minimum atomic E-state index is -0.0460. The van der Waals surface area contributed by atoms with Crippen LogP contribution in [0.2, 0.25) is 0 Å². The smallest absolute Gasteiger partial charge is 0.257 e. The van der Waals surface area contributed by atoms with Crippen LogP contribution in [0.1, 0.15) is 28.4 Å². The SMILES string of the molecule is CC(=O)N1CCN(C(=O)c2cn(-c3ccccc3)nc2-c2ccc(C)cc2C)CC1. The molecule has 2 aromatic carbocycles. The molecule has 1 aliphatic rings. The second kappa shape index (κ2) is 8.14.